The fraction of sp³-hybridized carbons (Fsp3) is 0.429. The smallest absolute Gasteiger partial charge is 0.369 e. The number of nitrogens with one attached hydrogen (secondary N) is 3. The number of nitrogens with zero attached hydrogens (tertiary/aromatic N) is 6. The minimum Gasteiger partial charge on any atom is -0.494 e. The van der Waals surface area contributed by atoms with Gasteiger partial charge in [-0.3, -0.25) is 29.3 Å². The maximum absolute atomic E-state index is 15.1. The number of anilines is 3. The third kappa shape index (κ3) is 7.54. The predicted octanol–water partition coefficient (Wildman–Crippen LogP) is -0.815. The maximum Gasteiger partial charge on any atom is 0.369 e. The Kier molecular flexibility index (Phi) is 9.44. The normalized spacial score (nSPS) is 15.4. The molecule has 1 saturated carbocycles. The van der Waals surface area contributed by atoms with E-state index < -0.39 is 23.5 Å². The Hall–Kier alpha value is -4.75. The van der Waals surface area contributed by atoms with Gasteiger partial charge in [0.1, 0.15) is 11.5 Å². The first-order valence-electron chi connectivity index (χ1n) is 14.4. The molecule has 246 valence electrons. The molecule has 1 saturated heterocycles. The number of β-amino-alcohol motifs (C(OH)–C–C–N with tert-alkyl or cyclic N) is 1. The SMILES string of the molecule is COc1c(Nc2cc(NC(=O)C3CC3)nnc2C(=O)NC(O)(O)O)cc(F)cc1-c1cc(C(=O)N2CCN(CCO)CC2)n(C)n1. The molecule has 1 aromatic carbocycles. The second-order valence-electron chi connectivity index (χ2n) is 10.9. The molecule has 0 radical (unpaired) electrons. The van der Waals surface area contributed by atoms with Crippen LogP contribution in [0.2, 0.25) is 0 Å². The number of aromatic nitrogens is 4. The molecule has 3 aromatic rings. The number of hydrogen-bond acceptors (Lipinski definition) is 13. The number of aliphatic hydroxyl groups excluding tert-OH is 1. The highest BCUT2D eigenvalue weighted by molar-refractivity contribution is 6.00. The molecule has 0 atom stereocenters. The van der Waals surface area contributed by atoms with Gasteiger partial charge in [-0.2, -0.15) is 5.10 Å². The molecule has 3 heterocycles. The predicted molar refractivity (Wildman–Crippen MR) is 158 cm³/mol. The van der Waals surface area contributed by atoms with Crippen LogP contribution in [-0.2, 0) is 11.8 Å². The van der Waals surface area contributed by atoms with Gasteiger partial charge in [-0.25, -0.2) is 4.39 Å². The van der Waals surface area contributed by atoms with Crippen LogP contribution in [0.5, 0.6) is 5.75 Å². The van der Waals surface area contributed by atoms with Crippen molar-refractivity contribution in [1.82, 2.24) is 35.1 Å². The van der Waals surface area contributed by atoms with Crippen LogP contribution in [0.1, 0.15) is 33.8 Å². The van der Waals surface area contributed by atoms with Gasteiger partial charge in [0.05, 0.1) is 30.8 Å². The van der Waals surface area contributed by atoms with Crippen molar-refractivity contribution in [2.24, 2.45) is 13.0 Å². The van der Waals surface area contributed by atoms with E-state index in [0.29, 0.717) is 45.6 Å². The number of benzene rings is 1. The van der Waals surface area contributed by atoms with E-state index >= 15 is 4.39 Å². The zero-order chi connectivity index (χ0) is 33.2. The number of methoxy groups -OCH3 is 1. The largest absolute Gasteiger partial charge is 0.494 e. The molecule has 18 heteroatoms. The second-order valence-corrected chi connectivity index (χ2v) is 10.9. The summed E-state index contributed by atoms with van der Waals surface area (Å²) in [5.74, 6) is -2.78. The summed E-state index contributed by atoms with van der Waals surface area (Å²) in [5, 5.41) is 55.9. The number of piperazine rings is 1. The van der Waals surface area contributed by atoms with E-state index in [2.05, 4.69) is 30.8 Å². The molecule has 0 unspecified atom stereocenters. The van der Waals surface area contributed by atoms with Crippen molar-refractivity contribution in [1.29, 1.82) is 0 Å². The number of carbonyl (C=O) groups is 3. The van der Waals surface area contributed by atoms with Crippen LogP contribution in [0.15, 0.2) is 24.3 Å². The first-order valence-corrected chi connectivity index (χ1v) is 14.4. The first kappa shape index (κ1) is 32.6. The van der Waals surface area contributed by atoms with Gasteiger partial charge in [0, 0.05) is 63.4 Å². The molecule has 0 spiro atoms. The van der Waals surface area contributed by atoms with E-state index in [1.54, 1.807) is 11.9 Å². The van der Waals surface area contributed by atoms with Crippen LogP contribution < -0.4 is 20.7 Å². The van der Waals surface area contributed by atoms with E-state index in [1.165, 1.54) is 29.2 Å². The molecule has 2 aromatic heterocycles. The van der Waals surface area contributed by atoms with Gasteiger partial charge in [-0.05, 0) is 25.0 Å². The number of rotatable bonds is 11. The minimum atomic E-state index is -3.58. The highest BCUT2D eigenvalue weighted by atomic mass is 19.1. The first-order chi connectivity index (χ1) is 21.9. The van der Waals surface area contributed by atoms with Gasteiger partial charge in [0.15, 0.2) is 17.3 Å². The Morgan fingerprint density at radius 3 is 2.39 bits per heavy atom. The Labute approximate surface area is 261 Å². The molecular formula is C28H34FN9O8. The van der Waals surface area contributed by atoms with Crippen LogP contribution in [0.4, 0.5) is 21.6 Å². The van der Waals surface area contributed by atoms with Crippen molar-refractivity contribution < 1.29 is 43.9 Å². The molecule has 0 bridgehead atoms. The van der Waals surface area contributed by atoms with E-state index in [9.17, 15) is 34.8 Å². The van der Waals surface area contributed by atoms with Crippen LogP contribution in [-0.4, -0.2) is 120 Å². The fourth-order valence-corrected chi connectivity index (χ4v) is 5.02. The molecule has 17 nitrogen and oxygen atoms in total. The zero-order valence-electron chi connectivity index (χ0n) is 25.0. The number of amides is 3. The molecule has 1 aliphatic heterocycles. The summed E-state index contributed by atoms with van der Waals surface area (Å²) in [4.78, 5) is 42.1. The van der Waals surface area contributed by atoms with E-state index in [4.69, 9.17) is 4.74 Å². The number of aryl methyl sites for hydroxylation is 1. The van der Waals surface area contributed by atoms with Crippen LogP contribution in [0, 0.1) is 11.7 Å². The lowest BCUT2D eigenvalue weighted by molar-refractivity contribution is -0.323. The Bertz CT molecular complexity index is 1630. The number of aliphatic hydroxyl groups is 4. The number of hydrogen-bond donors (Lipinski definition) is 7. The lowest BCUT2D eigenvalue weighted by Crippen LogP contribution is -2.49. The van der Waals surface area contributed by atoms with Crippen molar-refractivity contribution in [3.63, 3.8) is 0 Å². The number of ether oxygens (including phenoxy) is 1. The lowest BCUT2D eigenvalue weighted by Gasteiger charge is -2.34. The molecule has 5 rings (SSSR count). The van der Waals surface area contributed by atoms with Crippen molar-refractivity contribution in [3.8, 4) is 17.0 Å². The third-order valence-corrected chi connectivity index (χ3v) is 7.47. The molecular weight excluding hydrogens is 609 g/mol. The highest BCUT2D eigenvalue weighted by Gasteiger charge is 2.31. The molecule has 1 aliphatic carbocycles. The average molecular weight is 644 g/mol. The van der Waals surface area contributed by atoms with Gasteiger partial charge < -0.3 is 40.7 Å². The van der Waals surface area contributed by atoms with Gasteiger partial charge >= 0.3 is 6.10 Å². The van der Waals surface area contributed by atoms with Crippen molar-refractivity contribution in [2.45, 2.75) is 18.9 Å². The quantitative estimate of drug-likeness (QED) is 0.127. The van der Waals surface area contributed by atoms with Gasteiger partial charge in [0.25, 0.3) is 11.8 Å². The summed E-state index contributed by atoms with van der Waals surface area (Å²) in [6.07, 6.45) is -2.16. The minimum absolute atomic E-state index is 0.0270. The van der Waals surface area contributed by atoms with Crippen LogP contribution in [0.3, 0.4) is 0 Å². The standard InChI is InChI=1S/C28H34FN9O8/c1-36-21(27(42)38-7-5-37(6-8-38)9-10-39)13-18(35-36)17-11-16(29)12-20(24(17)46-2)30-19-14-22(31-25(40)15-3-4-15)33-34-23(19)26(41)32-28(43,44)45/h11-15,39,43-45H,3-10H2,1-2H3,(H,32,41)(H2,30,31,33,40). The summed E-state index contributed by atoms with van der Waals surface area (Å²) < 4.78 is 22.1. The fourth-order valence-electron chi connectivity index (χ4n) is 5.02. The van der Waals surface area contributed by atoms with Crippen molar-refractivity contribution in [2.75, 3.05) is 57.1 Å². The summed E-state index contributed by atoms with van der Waals surface area (Å²) in [7, 11) is 2.90. The average Bonchev–Trinajstić information content (AvgIpc) is 3.78. The van der Waals surface area contributed by atoms with Gasteiger partial charge in [0.2, 0.25) is 5.91 Å². The molecule has 3 amide bonds. The van der Waals surface area contributed by atoms with Crippen LogP contribution >= 0.6 is 0 Å². The van der Waals surface area contributed by atoms with Crippen molar-refractivity contribution >= 4 is 34.9 Å². The van der Waals surface area contributed by atoms with Gasteiger partial charge in [-0.1, -0.05) is 0 Å². The zero-order valence-corrected chi connectivity index (χ0v) is 25.0. The summed E-state index contributed by atoms with van der Waals surface area (Å²) in [6, 6.07) is 4.94. The Balaban J connectivity index is 1.47. The topological polar surface area (TPSA) is 228 Å². The monoisotopic (exact) mass is 643 g/mol. The third-order valence-electron chi connectivity index (χ3n) is 7.47. The lowest BCUT2D eigenvalue weighted by atomic mass is 10.1. The molecule has 7 N–H and O–H groups in total. The summed E-state index contributed by atoms with van der Waals surface area (Å²) >= 11 is 0. The Morgan fingerprint density at radius 2 is 1.76 bits per heavy atom. The summed E-state index contributed by atoms with van der Waals surface area (Å²) in [6.45, 7) is 2.69. The summed E-state index contributed by atoms with van der Waals surface area (Å²) in [5.41, 5.74) is -0.139. The molecule has 2 aliphatic rings. The van der Waals surface area contributed by atoms with Crippen molar-refractivity contribution in [3.05, 3.63) is 41.5 Å². The number of carbonyl (C=O) groups excluding carboxylic acids is 3. The van der Waals surface area contributed by atoms with Crippen LogP contribution in [0.25, 0.3) is 11.3 Å². The number of halogens is 1. The maximum atomic E-state index is 15.1. The molecule has 46 heavy (non-hydrogen) atoms. The van der Waals surface area contributed by atoms with E-state index in [1.807, 2.05) is 0 Å². The highest BCUT2D eigenvalue weighted by Crippen LogP contribution is 2.39. The van der Waals surface area contributed by atoms with E-state index in [-0.39, 0.29) is 64.2 Å². The van der Waals surface area contributed by atoms with E-state index in [0.717, 1.165) is 12.1 Å². The second kappa shape index (κ2) is 13.3. The van der Waals surface area contributed by atoms with Gasteiger partial charge in [-0.15, -0.1) is 10.2 Å². The molecule has 2 fully saturated rings. The Morgan fingerprint density at radius 1 is 1.04 bits per heavy atom.